The minimum absolute atomic E-state index is 0.123. The molecule has 25 heavy (non-hydrogen) atoms. The lowest BCUT2D eigenvalue weighted by Crippen LogP contribution is -2.26. The van der Waals surface area contributed by atoms with Gasteiger partial charge in [-0.25, -0.2) is 13.8 Å². The predicted octanol–water partition coefficient (Wildman–Crippen LogP) is 3.79. The second-order valence-electron chi connectivity index (χ2n) is 5.63. The molecule has 0 aliphatic carbocycles. The van der Waals surface area contributed by atoms with E-state index in [1.807, 2.05) is 0 Å². The molecule has 0 spiro atoms. The molecule has 3 rings (SSSR count). The molecule has 0 unspecified atom stereocenters. The number of nitrogens with two attached hydrogens (primary N) is 1. The molecule has 1 heterocycles. The van der Waals surface area contributed by atoms with Gasteiger partial charge >= 0.3 is 0 Å². The first-order chi connectivity index (χ1) is 12.0. The van der Waals surface area contributed by atoms with Crippen molar-refractivity contribution in [3.63, 3.8) is 0 Å². The number of hydrogen-bond donors (Lipinski definition) is 1. The Hall–Kier alpha value is -2.31. The highest BCUT2D eigenvalue weighted by Crippen LogP contribution is 2.28. The average molecular weight is 364 g/mol. The summed E-state index contributed by atoms with van der Waals surface area (Å²) in [6, 6.07) is 9.46. The zero-order chi connectivity index (χ0) is 18.1. The summed E-state index contributed by atoms with van der Waals surface area (Å²) in [6.07, 6.45) is -2.30. The maximum atomic E-state index is 13.2. The summed E-state index contributed by atoms with van der Waals surface area (Å²) in [5.74, 6) is 0.414. The Balaban J connectivity index is 2.41. The summed E-state index contributed by atoms with van der Waals surface area (Å²) in [4.78, 5) is 17.6. The van der Waals surface area contributed by atoms with E-state index in [9.17, 15) is 13.6 Å². The summed E-state index contributed by atoms with van der Waals surface area (Å²) >= 11 is 6.17. The second kappa shape index (κ2) is 6.90. The Bertz CT molecular complexity index is 1000. The highest BCUT2D eigenvalue weighted by atomic mass is 35.5. The molecule has 0 bridgehead atoms. The molecule has 4 nitrogen and oxygen atoms in total. The number of rotatable bonds is 4. The number of benzene rings is 2. The highest BCUT2D eigenvalue weighted by Gasteiger charge is 2.19. The van der Waals surface area contributed by atoms with E-state index in [0.717, 1.165) is 0 Å². The van der Waals surface area contributed by atoms with Crippen LogP contribution in [0.25, 0.3) is 16.6 Å². The molecule has 2 aromatic carbocycles. The first-order valence-electron chi connectivity index (χ1n) is 7.74. The molecular formula is C18H16ClF2N3O. The standard InChI is InChI=1S/C18H16ClF2N3O/c1-10-11(17(20)21)4-2-7-14(10)24-15(8-9-22)23-13-6-3-5-12(19)16(13)18(24)25/h2-7,17H,8-9,22H2,1H3. The Morgan fingerprint density at radius 1 is 1.24 bits per heavy atom. The molecule has 0 atom stereocenters. The van der Waals surface area contributed by atoms with E-state index in [0.29, 0.717) is 29.0 Å². The third kappa shape index (κ3) is 3.03. The van der Waals surface area contributed by atoms with Crippen molar-refractivity contribution in [3.05, 3.63) is 68.7 Å². The number of fused-ring (bicyclic) bond motifs is 1. The maximum absolute atomic E-state index is 13.2. The van der Waals surface area contributed by atoms with Crippen LogP contribution in [-0.2, 0) is 6.42 Å². The van der Waals surface area contributed by atoms with E-state index < -0.39 is 12.0 Å². The Kier molecular flexibility index (Phi) is 4.83. The average Bonchev–Trinajstić information content (AvgIpc) is 2.56. The molecule has 0 saturated carbocycles. The largest absolute Gasteiger partial charge is 0.330 e. The lowest BCUT2D eigenvalue weighted by atomic mass is 10.1. The van der Waals surface area contributed by atoms with Crippen LogP contribution < -0.4 is 11.3 Å². The predicted molar refractivity (Wildman–Crippen MR) is 94.8 cm³/mol. The molecule has 2 N–H and O–H groups in total. The molecule has 0 radical (unpaired) electrons. The van der Waals surface area contributed by atoms with Gasteiger partial charge in [0.15, 0.2) is 0 Å². The fourth-order valence-corrected chi connectivity index (χ4v) is 3.15. The van der Waals surface area contributed by atoms with Crippen molar-refractivity contribution >= 4 is 22.5 Å². The summed E-state index contributed by atoms with van der Waals surface area (Å²) in [5.41, 5.74) is 6.27. The topological polar surface area (TPSA) is 60.9 Å². The number of aromatic nitrogens is 2. The molecule has 0 amide bonds. The maximum Gasteiger partial charge on any atom is 0.267 e. The monoisotopic (exact) mass is 363 g/mol. The van der Waals surface area contributed by atoms with Crippen molar-refractivity contribution in [1.82, 2.24) is 9.55 Å². The van der Waals surface area contributed by atoms with Crippen molar-refractivity contribution in [3.8, 4) is 5.69 Å². The van der Waals surface area contributed by atoms with Gasteiger partial charge in [-0.1, -0.05) is 29.8 Å². The van der Waals surface area contributed by atoms with E-state index in [2.05, 4.69) is 4.98 Å². The molecule has 0 aliphatic heterocycles. The highest BCUT2D eigenvalue weighted by molar-refractivity contribution is 6.35. The van der Waals surface area contributed by atoms with Crippen LogP contribution in [0.5, 0.6) is 0 Å². The molecule has 7 heteroatoms. The smallest absolute Gasteiger partial charge is 0.267 e. The van der Waals surface area contributed by atoms with E-state index in [1.165, 1.54) is 16.7 Å². The molecule has 3 aromatic rings. The third-order valence-electron chi connectivity index (χ3n) is 4.11. The van der Waals surface area contributed by atoms with E-state index in [-0.39, 0.29) is 22.5 Å². The molecule has 0 aliphatic rings. The summed E-state index contributed by atoms with van der Waals surface area (Å²) in [7, 11) is 0. The quantitative estimate of drug-likeness (QED) is 0.767. The first kappa shape index (κ1) is 17.5. The van der Waals surface area contributed by atoms with Crippen molar-refractivity contribution in [2.24, 2.45) is 5.73 Å². The number of alkyl halides is 2. The lowest BCUT2D eigenvalue weighted by molar-refractivity contribution is 0.150. The summed E-state index contributed by atoms with van der Waals surface area (Å²) < 4.78 is 27.8. The van der Waals surface area contributed by atoms with Gasteiger partial charge in [0.05, 0.1) is 21.6 Å². The van der Waals surface area contributed by atoms with Gasteiger partial charge in [0, 0.05) is 12.0 Å². The van der Waals surface area contributed by atoms with Crippen LogP contribution in [0.15, 0.2) is 41.2 Å². The van der Waals surface area contributed by atoms with Crippen LogP contribution in [0.3, 0.4) is 0 Å². The van der Waals surface area contributed by atoms with Crippen molar-refractivity contribution in [2.45, 2.75) is 19.8 Å². The van der Waals surface area contributed by atoms with Crippen LogP contribution >= 0.6 is 11.6 Å². The second-order valence-corrected chi connectivity index (χ2v) is 6.04. The van der Waals surface area contributed by atoms with Crippen LogP contribution in [0.2, 0.25) is 5.02 Å². The number of halogens is 3. The van der Waals surface area contributed by atoms with Gasteiger partial charge < -0.3 is 5.73 Å². The first-order valence-corrected chi connectivity index (χ1v) is 8.11. The SMILES string of the molecule is Cc1c(C(F)F)cccc1-n1c(CCN)nc2cccc(Cl)c2c1=O. The molecule has 0 saturated heterocycles. The fourth-order valence-electron chi connectivity index (χ4n) is 2.90. The Morgan fingerprint density at radius 3 is 2.64 bits per heavy atom. The van der Waals surface area contributed by atoms with Gasteiger partial charge in [-0.05, 0) is 37.2 Å². The van der Waals surface area contributed by atoms with E-state index in [1.54, 1.807) is 31.2 Å². The molecule has 130 valence electrons. The van der Waals surface area contributed by atoms with Gasteiger partial charge in [-0.2, -0.15) is 0 Å². The van der Waals surface area contributed by atoms with Crippen LogP contribution in [0.4, 0.5) is 8.78 Å². The summed E-state index contributed by atoms with van der Waals surface area (Å²) in [6.45, 7) is 1.83. The van der Waals surface area contributed by atoms with Gasteiger partial charge in [-0.3, -0.25) is 9.36 Å². The van der Waals surface area contributed by atoms with Gasteiger partial charge in [-0.15, -0.1) is 0 Å². The number of hydrogen-bond acceptors (Lipinski definition) is 3. The third-order valence-corrected chi connectivity index (χ3v) is 4.42. The summed E-state index contributed by atoms with van der Waals surface area (Å²) in [5, 5.41) is 0.525. The van der Waals surface area contributed by atoms with Crippen LogP contribution in [0.1, 0.15) is 23.4 Å². The number of nitrogens with zero attached hydrogens (tertiary/aromatic N) is 2. The normalized spacial score (nSPS) is 11.4. The van der Waals surface area contributed by atoms with Gasteiger partial charge in [0.1, 0.15) is 5.82 Å². The minimum atomic E-state index is -2.63. The van der Waals surface area contributed by atoms with Crippen molar-refractivity contribution in [1.29, 1.82) is 0 Å². The fraction of sp³-hybridized carbons (Fsp3) is 0.222. The van der Waals surface area contributed by atoms with E-state index >= 15 is 0 Å². The molecule has 0 fully saturated rings. The van der Waals surface area contributed by atoms with Gasteiger partial charge in [0.2, 0.25) is 0 Å². The minimum Gasteiger partial charge on any atom is -0.330 e. The van der Waals surface area contributed by atoms with E-state index in [4.69, 9.17) is 17.3 Å². The molecule has 1 aromatic heterocycles. The van der Waals surface area contributed by atoms with Gasteiger partial charge in [0.25, 0.3) is 12.0 Å². The zero-order valence-electron chi connectivity index (χ0n) is 13.5. The van der Waals surface area contributed by atoms with Crippen molar-refractivity contribution < 1.29 is 8.78 Å². The Labute approximate surface area is 147 Å². The lowest BCUT2D eigenvalue weighted by Gasteiger charge is -2.17. The zero-order valence-corrected chi connectivity index (χ0v) is 14.2. The van der Waals surface area contributed by atoms with Crippen LogP contribution in [0, 0.1) is 6.92 Å². The van der Waals surface area contributed by atoms with Crippen LogP contribution in [-0.4, -0.2) is 16.1 Å². The molecular weight excluding hydrogens is 348 g/mol. The van der Waals surface area contributed by atoms with Crippen molar-refractivity contribution in [2.75, 3.05) is 6.54 Å². The Morgan fingerprint density at radius 2 is 1.96 bits per heavy atom.